The summed E-state index contributed by atoms with van der Waals surface area (Å²) in [5.41, 5.74) is 6.74. The van der Waals surface area contributed by atoms with Crippen molar-refractivity contribution < 1.29 is 8.42 Å². The van der Waals surface area contributed by atoms with Crippen molar-refractivity contribution in [3.05, 3.63) is 41.2 Å². The van der Waals surface area contributed by atoms with Crippen molar-refractivity contribution >= 4 is 27.1 Å². The third-order valence-electron chi connectivity index (χ3n) is 2.86. The van der Waals surface area contributed by atoms with Gasteiger partial charge >= 0.3 is 0 Å². The number of nitrogens with zero attached hydrogens (tertiary/aromatic N) is 2. The minimum Gasteiger partial charge on any atom is -0.398 e. The zero-order valence-corrected chi connectivity index (χ0v) is 11.9. The van der Waals surface area contributed by atoms with Gasteiger partial charge in [-0.05, 0) is 24.3 Å². The van der Waals surface area contributed by atoms with E-state index in [9.17, 15) is 8.42 Å². The third kappa shape index (κ3) is 3.08. The fraction of sp³-hybridized carbons (Fsp3) is 0.250. The number of nitrogens with two attached hydrogens (primary N) is 1. The Morgan fingerprint density at radius 3 is 2.68 bits per heavy atom. The smallest absolute Gasteiger partial charge is 0.180 e. The van der Waals surface area contributed by atoms with Gasteiger partial charge in [-0.15, -0.1) is 0 Å². The lowest BCUT2D eigenvalue weighted by Gasteiger charge is -2.08. The van der Waals surface area contributed by atoms with Crippen LogP contribution in [-0.4, -0.2) is 24.0 Å². The SMILES string of the molecule is Cn1nccc1CCS(=O)(=O)c1ccc(Cl)cc1N. The lowest BCUT2D eigenvalue weighted by Crippen LogP contribution is -2.13. The molecule has 2 N–H and O–H groups in total. The minimum atomic E-state index is -3.43. The van der Waals surface area contributed by atoms with Crippen molar-refractivity contribution in [2.24, 2.45) is 7.05 Å². The lowest BCUT2D eigenvalue weighted by molar-refractivity contribution is 0.594. The number of benzene rings is 1. The molecule has 0 aliphatic heterocycles. The van der Waals surface area contributed by atoms with Crippen molar-refractivity contribution in [3.8, 4) is 0 Å². The van der Waals surface area contributed by atoms with E-state index in [4.69, 9.17) is 17.3 Å². The van der Waals surface area contributed by atoms with E-state index in [1.165, 1.54) is 18.2 Å². The Kier molecular flexibility index (Phi) is 3.82. The van der Waals surface area contributed by atoms with E-state index in [1.54, 1.807) is 24.0 Å². The van der Waals surface area contributed by atoms with Crippen LogP contribution < -0.4 is 5.73 Å². The van der Waals surface area contributed by atoms with Gasteiger partial charge < -0.3 is 5.73 Å². The quantitative estimate of drug-likeness (QED) is 0.871. The number of aryl methyl sites for hydroxylation is 2. The van der Waals surface area contributed by atoms with E-state index in [1.807, 2.05) is 0 Å². The summed E-state index contributed by atoms with van der Waals surface area (Å²) in [6.45, 7) is 0. The van der Waals surface area contributed by atoms with E-state index in [0.717, 1.165) is 5.69 Å². The molecule has 0 aliphatic rings. The summed E-state index contributed by atoms with van der Waals surface area (Å²) in [7, 11) is -1.65. The van der Waals surface area contributed by atoms with Crippen LogP contribution in [0.3, 0.4) is 0 Å². The van der Waals surface area contributed by atoms with E-state index in [2.05, 4.69) is 5.10 Å². The Bertz CT molecular complexity index is 695. The highest BCUT2D eigenvalue weighted by atomic mass is 35.5. The number of halogens is 1. The summed E-state index contributed by atoms with van der Waals surface area (Å²) in [4.78, 5) is 0.124. The van der Waals surface area contributed by atoms with Crippen LogP contribution in [0.5, 0.6) is 0 Å². The number of hydrogen-bond donors (Lipinski definition) is 1. The molecule has 0 amide bonds. The third-order valence-corrected chi connectivity index (χ3v) is 4.87. The molecule has 0 saturated carbocycles. The van der Waals surface area contributed by atoms with Gasteiger partial charge in [0.15, 0.2) is 9.84 Å². The zero-order chi connectivity index (χ0) is 14.0. The van der Waals surface area contributed by atoms with Gasteiger partial charge in [0.2, 0.25) is 0 Å². The molecule has 0 saturated heterocycles. The topological polar surface area (TPSA) is 78.0 Å². The number of nitrogen functional groups attached to an aromatic ring is 1. The molecule has 2 aromatic rings. The Morgan fingerprint density at radius 2 is 2.11 bits per heavy atom. The van der Waals surface area contributed by atoms with Crippen molar-refractivity contribution in [1.82, 2.24) is 9.78 Å². The van der Waals surface area contributed by atoms with Crippen LogP contribution >= 0.6 is 11.6 Å². The second kappa shape index (κ2) is 5.22. The monoisotopic (exact) mass is 299 g/mol. The molecule has 0 fully saturated rings. The number of sulfone groups is 1. The fourth-order valence-corrected chi connectivity index (χ4v) is 3.37. The first-order valence-corrected chi connectivity index (χ1v) is 7.68. The van der Waals surface area contributed by atoms with Crippen LogP contribution in [0.1, 0.15) is 5.69 Å². The summed E-state index contributed by atoms with van der Waals surface area (Å²) in [5.74, 6) is -0.0155. The van der Waals surface area contributed by atoms with Crippen LogP contribution in [-0.2, 0) is 23.3 Å². The lowest BCUT2D eigenvalue weighted by atomic mass is 10.3. The highest BCUT2D eigenvalue weighted by Crippen LogP contribution is 2.23. The second-order valence-corrected chi connectivity index (χ2v) is 6.71. The summed E-state index contributed by atoms with van der Waals surface area (Å²) < 4.78 is 26.1. The molecular formula is C12H14ClN3O2S. The highest BCUT2D eigenvalue weighted by Gasteiger charge is 2.18. The average Bonchev–Trinajstić information content (AvgIpc) is 2.72. The maximum absolute atomic E-state index is 12.2. The maximum Gasteiger partial charge on any atom is 0.180 e. The van der Waals surface area contributed by atoms with Crippen LogP contribution in [0, 0.1) is 0 Å². The normalized spacial score (nSPS) is 11.7. The van der Waals surface area contributed by atoms with Crippen LogP contribution in [0.15, 0.2) is 35.4 Å². The maximum atomic E-state index is 12.2. The minimum absolute atomic E-state index is 0.0155. The first-order valence-electron chi connectivity index (χ1n) is 5.65. The van der Waals surface area contributed by atoms with Crippen molar-refractivity contribution in [2.45, 2.75) is 11.3 Å². The molecule has 1 aromatic carbocycles. The Labute approximate surface area is 116 Å². The predicted molar refractivity (Wildman–Crippen MR) is 74.8 cm³/mol. The number of aromatic nitrogens is 2. The van der Waals surface area contributed by atoms with Crippen molar-refractivity contribution in [2.75, 3.05) is 11.5 Å². The molecule has 0 spiro atoms. The number of hydrogen-bond acceptors (Lipinski definition) is 4. The van der Waals surface area contributed by atoms with Gasteiger partial charge in [0.1, 0.15) is 0 Å². The summed E-state index contributed by atoms with van der Waals surface area (Å²) in [5, 5.41) is 4.42. The molecule has 0 unspecified atom stereocenters. The van der Waals surface area contributed by atoms with E-state index in [-0.39, 0.29) is 16.3 Å². The van der Waals surface area contributed by atoms with Crippen molar-refractivity contribution in [3.63, 3.8) is 0 Å². The van der Waals surface area contributed by atoms with Gasteiger partial charge in [-0.2, -0.15) is 5.10 Å². The average molecular weight is 300 g/mol. The summed E-state index contributed by atoms with van der Waals surface area (Å²) in [6, 6.07) is 6.20. The standard InChI is InChI=1S/C12H14ClN3O2S/c1-16-10(4-6-15-16)5-7-19(17,18)12-3-2-9(13)8-11(12)14/h2-4,6,8H,5,7,14H2,1H3. The van der Waals surface area contributed by atoms with Gasteiger partial charge in [-0.3, -0.25) is 4.68 Å². The molecule has 0 aliphatic carbocycles. The largest absolute Gasteiger partial charge is 0.398 e. The van der Waals surface area contributed by atoms with Gasteiger partial charge in [0.05, 0.1) is 16.3 Å². The highest BCUT2D eigenvalue weighted by molar-refractivity contribution is 7.91. The van der Waals surface area contributed by atoms with Gasteiger partial charge in [-0.25, -0.2) is 8.42 Å². The van der Waals surface area contributed by atoms with Crippen LogP contribution in [0.4, 0.5) is 5.69 Å². The molecule has 0 atom stereocenters. The molecule has 1 aromatic heterocycles. The molecule has 102 valence electrons. The number of rotatable bonds is 4. The summed E-state index contributed by atoms with van der Waals surface area (Å²) >= 11 is 5.76. The van der Waals surface area contributed by atoms with Crippen LogP contribution in [0.2, 0.25) is 5.02 Å². The molecule has 7 heteroatoms. The Hall–Kier alpha value is -1.53. The fourth-order valence-electron chi connectivity index (χ4n) is 1.80. The first kappa shape index (κ1) is 13.9. The van der Waals surface area contributed by atoms with E-state index < -0.39 is 9.84 Å². The zero-order valence-electron chi connectivity index (χ0n) is 10.4. The van der Waals surface area contributed by atoms with Crippen molar-refractivity contribution in [1.29, 1.82) is 0 Å². The van der Waals surface area contributed by atoms with Gasteiger partial charge in [0.25, 0.3) is 0 Å². The Balaban J connectivity index is 2.21. The Morgan fingerprint density at radius 1 is 1.37 bits per heavy atom. The molecule has 1 heterocycles. The predicted octanol–water partition coefficient (Wildman–Crippen LogP) is 1.67. The number of anilines is 1. The first-order chi connectivity index (χ1) is 8.90. The summed E-state index contributed by atoms with van der Waals surface area (Å²) in [6.07, 6.45) is 2.03. The molecule has 0 radical (unpaired) electrons. The van der Waals surface area contributed by atoms with E-state index in [0.29, 0.717) is 11.4 Å². The molecule has 0 bridgehead atoms. The molecule has 5 nitrogen and oxygen atoms in total. The van der Waals surface area contributed by atoms with Gasteiger partial charge in [-0.1, -0.05) is 11.6 Å². The molecule has 2 rings (SSSR count). The second-order valence-electron chi connectivity index (χ2n) is 4.20. The van der Waals surface area contributed by atoms with Gasteiger partial charge in [0, 0.05) is 30.4 Å². The van der Waals surface area contributed by atoms with Crippen LogP contribution in [0.25, 0.3) is 0 Å². The van der Waals surface area contributed by atoms with E-state index >= 15 is 0 Å². The molecular weight excluding hydrogens is 286 g/mol. The molecule has 19 heavy (non-hydrogen) atoms.